The van der Waals surface area contributed by atoms with Gasteiger partial charge in [-0.1, -0.05) is 12.1 Å². The fourth-order valence-corrected chi connectivity index (χ4v) is 3.95. The Morgan fingerprint density at radius 3 is 1.93 bits per heavy atom. The van der Waals surface area contributed by atoms with Crippen LogP contribution in [0, 0.1) is 34.9 Å². The molecule has 0 radical (unpaired) electrons. The largest absolute Gasteiger partial charge is 0.465 e. The molecule has 2 aromatic carbocycles. The summed E-state index contributed by atoms with van der Waals surface area (Å²) in [5.41, 5.74) is -0.812. The normalized spacial score (nSPS) is 14.4. The van der Waals surface area contributed by atoms with Gasteiger partial charge in [0.25, 0.3) is 0 Å². The molecule has 0 N–H and O–H groups in total. The van der Waals surface area contributed by atoms with E-state index in [2.05, 4.69) is 0 Å². The van der Waals surface area contributed by atoms with E-state index in [1.807, 2.05) is 0 Å². The predicted octanol–water partition coefficient (Wildman–Crippen LogP) is 5.24. The summed E-state index contributed by atoms with van der Waals surface area (Å²) in [6.45, 7) is 1.51. The molecule has 30 heavy (non-hydrogen) atoms. The van der Waals surface area contributed by atoms with Crippen molar-refractivity contribution in [1.29, 1.82) is 0 Å². The average Bonchev–Trinajstić information content (AvgIpc) is 3.51. The van der Waals surface area contributed by atoms with E-state index in [1.54, 1.807) is 6.92 Å². The van der Waals surface area contributed by atoms with E-state index < -0.39 is 51.3 Å². The maximum Gasteiger partial charge on any atom is 0.327 e. The smallest absolute Gasteiger partial charge is 0.327 e. The van der Waals surface area contributed by atoms with Gasteiger partial charge in [0, 0.05) is 6.54 Å². The topological polar surface area (TPSA) is 29.5 Å². The summed E-state index contributed by atoms with van der Waals surface area (Å²) in [7, 11) is 0. The van der Waals surface area contributed by atoms with Gasteiger partial charge in [-0.05, 0) is 49.4 Å². The number of esters is 1. The average molecular weight is 469 g/mol. The Kier molecular flexibility index (Phi) is 7.75. The van der Waals surface area contributed by atoms with Crippen LogP contribution in [0.2, 0.25) is 0 Å². The molecule has 0 saturated heterocycles. The van der Waals surface area contributed by atoms with Gasteiger partial charge in [0.05, 0.1) is 6.61 Å². The van der Waals surface area contributed by atoms with E-state index in [9.17, 15) is 31.1 Å². The molecule has 1 saturated carbocycles. The molecular formula is C19H17F6NO2S2. The van der Waals surface area contributed by atoms with Crippen LogP contribution in [0.25, 0.3) is 0 Å². The van der Waals surface area contributed by atoms with Gasteiger partial charge in [0.2, 0.25) is 5.82 Å². The Balaban J connectivity index is 0.00000320. The molecule has 0 bridgehead atoms. The lowest BCUT2D eigenvalue weighted by atomic mass is 10.2. The molecule has 3 nitrogen and oxygen atoms in total. The zero-order chi connectivity index (χ0) is 21.3. The highest BCUT2D eigenvalue weighted by atomic mass is 32.2. The number of halogens is 6. The Labute approximate surface area is 180 Å². The van der Waals surface area contributed by atoms with Crippen molar-refractivity contribution in [2.24, 2.45) is 0 Å². The van der Waals surface area contributed by atoms with Crippen LogP contribution in [-0.4, -0.2) is 22.4 Å². The molecule has 0 amide bonds. The molecule has 0 aliphatic heterocycles. The van der Waals surface area contributed by atoms with Crippen LogP contribution in [0.4, 0.5) is 26.3 Å². The van der Waals surface area contributed by atoms with Crippen LogP contribution in [0.1, 0.15) is 25.3 Å². The molecule has 164 valence electrons. The Hall–Kier alpha value is -1.85. The fourth-order valence-electron chi connectivity index (χ4n) is 2.74. The maximum atomic E-state index is 14.2. The fraction of sp³-hybridized carbons (Fsp3) is 0.316. The number of rotatable bonds is 7. The lowest BCUT2D eigenvalue weighted by Crippen LogP contribution is -2.40. The van der Waals surface area contributed by atoms with E-state index in [4.69, 9.17) is 4.74 Å². The van der Waals surface area contributed by atoms with Crippen molar-refractivity contribution in [1.82, 2.24) is 4.31 Å². The van der Waals surface area contributed by atoms with Crippen molar-refractivity contribution in [3.8, 4) is 0 Å². The van der Waals surface area contributed by atoms with E-state index in [0.29, 0.717) is 5.56 Å². The number of hydrogen-bond acceptors (Lipinski definition) is 4. The second-order valence-electron chi connectivity index (χ2n) is 6.41. The van der Waals surface area contributed by atoms with Gasteiger partial charge in [-0.25, -0.2) is 30.6 Å². The van der Waals surface area contributed by atoms with Gasteiger partial charge in [0.1, 0.15) is 16.3 Å². The first-order valence-corrected chi connectivity index (χ1v) is 9.37. The van der Waals surface area contributed by atoms with Crippen LogP contribution in [0.3, 0.4) is 0 Å². The second-order valence-corrected chi connectivity index (χ2v) is 7.44. The summed E-state index contributed by atoms with van der Waals surface area (Å²) < 4.78 is 88.3. The summed E-state index contributed by atoms with van der Waals surface area (Å²) in [5.74, 6) is -11.6. The van der Waals surface area contributed by atoms with Gasteiger partial charge in [-0.3, -0.25) is 4.79 Å². The number of carbonyl (C=O) groups is 1. The first-order chi connectivity index (χ1) is 13.7. The number of ether oxygens (including phenoxy) is 1. The molecule has 2 aromatic rings. The van der Waals surface area contributed by atoms with E-state index in [-0.39, 0.29) is 51.4 Å². The van der Waals surface area contributed by atoms with Crippen molar-refractivity contribution in [3.05, 3.63) is 64.7 Å². The molecule has 1 aliphatic carbocycles. The van der Waals surface area contributed by atoms with Gasteiger partial charge >= 0.3 is 5.97 Å². The first kappa shape index (κ1) is 24.4. The summed E-state index contributed by atoms with van der Waals surface area (Å²) in [4.78, 5) is 11.3. The molecule has 1 aliphatic rings. The predicted molar refractivity (Wildman–Crippen MR) is 103 cm³/mol. The molecular weight excluding hydrogens is 452 g/mol. The molecule has 0 heterocycles. The van der Waals surface area contributed by atoms with Gasteiger partial charge in [-0.15, -0.1) is 0 Å². The van der Waals surface area contributed by atoms with Crippen LogP contribution < -0.4 is 0 Å². The summed E-state index contributed by atoms with van der Waals surface area (Å²) in [6.07, 6.45) is 0.546. The summed E-state index contributed by atoms with van der Waals surface area (Å²) in [6, 6.07) is 5.09. The molecule has 0 aromatic heterocycles. The molecule has 3 rings (SSSR count). The monoisotopic (exact) mass is 469 g/mol. The van der Waals surface area contributed by atoms with E-state index in [0.717, 1.165) is 12.1 Å². The van der Waals surface area contributed by atoms with Crippen LogP contribution >= 0.6 is 25.4 Å². The van der Waals surface area contributed by atoms with E-state index in [1.165, 1.54) is 16.4 Å². The van der Waals surface area contributed by atoms with Crippen molar-refractivity contribution >= 4 is 31.4 Å². The quantitative estimate of drug-likeness (QED) is 0.182. The zero-order valence-corrected chi connectivity index (χ0v) is 17.4. The Morgan fingerprint density at radius 2 is 1.47 bits per heavy atom. The number of benzene rings is 2. The van der Waals surface area contributed by atoms with Gasteiger partial charge in [-0.2, -0.15) is 13.5 Å². The summed E-state index contributed by atoms with van der Waals surface area (Å²) >= 11 is 0.244. The highest BCUT2D eigenvalue weighted by Crippen LogP contribution is 2.49. The highest BCUT2D eigenvalue weighted by Gasteiger charge is 2.57. The number of hydrogen-bond donors (Lipinski definition) is 0. The molecule has 1 fully saturated rings. The van der Waals surface area contributed by atoms with Crippen LogP contribution in [-0.2, 0) is 16.1 Å². The standard InChI is InChI=1S/C19H15F6NO2S.H2S/c1-2-28-18(27)19(7-8-19)26(9-10-3-5-11(20)6-4-10)29-17-15(24)13(22)12(21)14(23)16(17)25;/h3-6H,2,7-9H2,1H3;1H2. The Morgan fingerprint density at radius 1 is 0.967 bits per heavy atom. The lowest BCUT2D eigenvalue weighted by molar-refractivity contribution is -0.149. The minimum Gasteiger partial charge on any atom is -0.465 e. The maximum absolute atomic E-state index is 14.2. The molecule has 0 atom stereocenters. The SMILES string of the molecule is CCOC(=O)C1(N(Cc2ccc(F)cc2)Sc2c(F)c(F)c(F)c(F)c2F)CC1.S. The first-order valence-electron chi connectivity index (χ1n) is 8.60. The molecule has 0 unspecified atom stereocenters. The Bertz CT molecular complexity index is 909. The lowest BCUT2D eigenvalue weighted by Gasteiger charge is -2.29. The van der Waals surface area contributed by atoms with Gasteiger partial charge < -0.3 is 4.74 Å². The summed E-state index contributed by atoms with van der Waals surface area (Å²) in [5, 5.41) is 0. The van der Waals surface area contributed by atoms with Crippen LogP contribution in [0.15, 0.2) is 29.2 Å². The third-order valence-electron chi connectivity index (χ3n) is 4.47. The zero-order valence-electron chi connectivity index (χ0n) is 15.6. The molecule has 11 heteroatoms. The van der Waals surface area contributed by atoms with Crippen molar-refractivity contribution < 1.29 is 35.9 Å². The van der Waals surface area contributed by atoms with Crippen molar-refractivity contribution in [2.75, 3.05) is 6.61 Å². The van der Waals surface area contributed by atoms with Crippen molar-refractivity contribution in [2.45, 2.75) is 36.7 Å². The minimum absolute atomic E-state index is 0. The number of carbonyl (C=O) groups excluding carboxylic acids is 1. The second kappa shape index (κ2) is 9.52. The minimum atomic E-state index is -2.26. The third-order valence-corrected chi connectivity index (χ3v) is 5.71. The van der Waals surface area contributed by atoms with E-state index >= 15 is 0 Å². The molecule has 0 spiro atoms. The van der Waals surface area contributed by atoms with Crippen LogP contribution in [0.5, 0.6) is 0 Å². The highest BCUT2D eigenvalue weighted by molar-refractivity contribution is 7.97. The van der Waals surface area contributed by atoms with Crippen molar-refractivity contribution in [3.63, 3.8) is 0 Å². The third kappa shape index (κ3) is 4.57. The number of nitrogens with zero attached hydrogens (tertiary/aromatic N) is 1. The van der Waals surface area contributed by atoms with Gasteiger partial charge in [0.15, 0.2) is 23.3 Å².